The zero-order valence-electron chi connectivity index (χ0n) is 43.2. The molecule has 0 unspecified atom stereocenters. The molecule has 0 N–H and O–H groups in total. The van der Waals surface area contributed by atoms with Gasteiger partial charge in [0.1, 0.15) is 5.58 Å². The molecule has 6 aromatic carbocycles. The third-order valence-corrected chi connectivity index (χ3v) is 10.9. The summed E-state index contributed by atoms with van der Waals surface area (Å²) < 4.78 is 101. The first-order valence-corrected chi connectivity index (χ1v) is 18.3. The maximum absolute atomic E-state index is 8.47. The van der Waals surface area contributed by atoms with Crippen LogP contribution in [0, 0.1) is 39.5 Å². The maximum Gasteiger partial charge on any atom is 0.129 e. The summed E-state index contributed by atoms with van der Waals surface area (Å²) in [6, 6.07) is 41.2. The quantitative estimate of drug-likeness (QED) is 0.123. The van der Waals surface area contributed by atoms with E-state index in [1.54, 1.807) is 30.3 Å². The molecule has 9 aromatic rings. The molecule has 0 saturated heterocycles. The maximum atomic E-state index is 8.47. The third kappa shape index (κ3) is 7.20. The van der Waals surface area contributed by atoms with E-state index in [0.29, 0.717) is 39.2 Å². The monoisotopic (exact) mass is 919 g/mol. The van der Waals surface area contributed by atoms with Gasteiger partial charge in [0.05, 0.1) is 5.58 Å². The van der Waals surface area contributed by atoms with Crippen molar-refractivity contribution in [2.45, 2.75) is 66.4 Å². The van der Waals surface area contributed by atoms with Gasteiger partial charge < -0.3 is 14.4 Å². The molecule has 3 heterocycles. The molecule has 0 spiro atoms. The van der Waals surface area contributed by atoms with E-state index >= 15 is 0 Å². The number of benzene rings is 6. The first-order valence-electron chi connectivity index (χ1n) is 24.3. The normalized spacial score (nSPS) is 15.6. The Hall–Kier alpha value is -5.41. The summed E-state index contributed by atoms with van der Waals surface area (Å²) in [5, 5.41) is 6.12. The molecular weight excluding hydrogens is 861 g/mol. The van der Waals surface area contributed by atoms with Crippen molar-refractivity contribution in [1.82, 2.24) is 9.97 Å². The molecule has 0 aliphatic carbocycles. The molecule has 56 heavy (non-hydrogen) atoms. The summed E-state index contributed by atoms with van der Waals surface area (Å²) in [6.07, 6.45) is 4.32. The van der Waals surface area contributed by atoms with Crippen molar-refractivity contribution in [3.8, 4) is 33.6 Å². The molecular formula is C52H46IrN2O-2. The Morgan fingerprint density at radius 1 is 0.643 bits per heavy atom. The number of rotatable bonds is 6. The average molecular weight is 919 g/mol. The molecule has 3 aromatic heterocycles. The van der Waals surface area contributed by atoms with Gasteiger partial charge in [0.15, 0.2) is 0 Å². The smallest absolute Gasteiger partial charge is 0.129 e. The third-order valence-electron chi connectivity index (χ3n) is 10.9. The van der Waals surface area contributed by atoms with Crippen LogP contribution in [0.2, 0.25) is 0 Å². The van der Waals surface area contributed by atoms with Crippen LogP contribution >= 0.6 is 0 Å². The molecule has 3 nitrogen and oxygen atoms in total. The largest absolute Gasteiger partial charge is 0.500 e. The fourth-order valence-corrected chi connectivity index (χ4v) is 7.24. The number of nitrogens with zero attached hydrogens (tertiary/aromatic N) is 2. The van der Waals surface area contributed by atoms with Crippen LogP contribution in [0.3, 0.4) is 0 Å². The summed E-state index contributed by atoms with van der Waals surface area (Å²) >= 11 is 0. The van der Waals surface area contributed by atoms with Gasteiger partial charge in [-0.3, -0.25) is 0 Å². The Morgan fingerprint density at radius 2 is 1.41 bits per heavy atom. The van der Waals surface area contributed by atoms with Gasteiger partial charge in [0, 0.05) is 59.7 Å². The number of aromatic nitrogens is 2. The zero-order valence-corrected chi connectivity index (χ0v) is 33.6. The number of furan rings is 1. The van der Waals surface area contributed by atoms with E-state index in [1.165, 1.54) is 30.6 Å². The van der Waals surface area contributed by atoms with Gasteiger partial charge >= 0.3 is 0 Å². The van der Waals surface area contributed by atoms with Crippen LogP contribution in [0.25, 0.3) is 77.1 Å². The summed E-state index contributed by atoms with van der Waals surface area (Å²) in [5.41, 5.74) is 5.37. The second kappa shape index (κ2) is 16.0. The Kier molecular flexibility index (Phi) is 7.55. The van der Waals surface area contributed by atoms with E-state index in [0.717, 1.165) is 56.3 Å². The summed E-state index contributed by atoms with van der Waals surface area (Å²) in [7, 11) is 0. The first kappa shape index (κ1) is 26.4. The van der Waals surface area contributed by atoms with Gasteiger partial charge in [-0.1, -0.05) is 124 Å². The second-order valence-electron chi connectivity index (χ2n) is 14.1. The molecule has 0 aliphatic heterocycles. The molecule has 1 radical (unpaired) electrons. The molecule has 0 atom stereocenters. The van der Waals surface area contributed by atoms with E-state index in [9.17, 15) is 0 Å². The molecule has 281 valence electrons. The number of aryl methyl sites for hydroxylation is 4. The number of pyridine rings is 2. The van der Waals surface area contributed by atoms with Crippen molar-refractivity contribution in [3.63, 3.8) is 0 Å². The van der Waals surface area contributed by atoms with Gasteiger partial charge in [-0.05, 0) is 99.7 Å². The average Bonchev–Trinajstić information content (AvgIpc) is 3.69. The van der Waals surface area contributed by atoms with Crippen molar-refractivity contribution in [2.75, 3.05) is 0 Å². The minimum Gasteiger partial charge on any atom is -0.500 e. The van der Waals surface area contributed by atoms with Crippen LogP contribution in [-0.4, -0.2) is 9.97 Å². The van der Waals surface area contributed by atoms with Gasteiger partial charge in [-0.15, -0.1) is 53.6 Å². The van der Waals surface area contributed by atoms with Gasteiger partial charge in [-0.2, -0.15) is 0 Å². The standard InChI is InChI=1S/C39H34NO.C13H12N.Ir/c1-6-39(5,7-2)28-18-20-29(24(3)21-28)34-22-35(40-23-25(34)4)33-14-10-13-31-32-19-17-27-16-15-26-11-8-9-12-30(26)36(27)38(32)41-37(31)33;1-10-3-6-12(7-4-10)13-8-5-11(2)9-14-13;/h8-13,15-23H,6-7H2,1-5H3;3-6,8-9H,1-2H3;/q2*-1;/i3D3,4D3;1D3,2D3;. The SMILES string of the molecule is [2H]C([2H])([2H])c1c[c-]c(-c2ccc(C([2H])([2H])[2H])cn2)cc1.[2H]C([2H])([2H])c1cnc(-c2[c-]ccc3c2oc2c3ccc3ccc4ccccc4c32)cc1-c1ccc(C(C)(CC)CC)cc1C([2H])([2H])[2H].[Ir]. The van der Waals surface area contributed by atoms with Crippen molar-refractivity contribution in [3.05, 3.63) is 168 Å². The first-order chi connectivity index (χ1) is 31.5. The summed E-state index contributed by atoms with van der Waals surface area (Å²) in [5.74, 6) is 0. The molecule has 4 heteroatoms. The molecule has 0 bridgehead atoms. The Morgan fingerprint density at radius 3 is 2.16 bits per heavy atom. The van der Waals surface area contributed by atoms with Crippen LogP contribution in [-0.2, 0) is 25.5 Å². The topological polar surface area (TPSA) is 38.9 Å². The van der Waals surface area contributed by atoms with Crippen LogP contribution < -0.4 is 0 Å². The fraction of sp³-hybridized carbons (Fsp3) is 0.192. The van der Waals surface area contributed by atoms with Gasteiger partial charge in [0.25, 0.3) is 0 Å². The summed E-state index contributed by atoms with van der Waals surface area (Å²) in [6.45, 7) is -3.03. The predicted octanol–water partition coefficient (Wildman–Crippen LogP) is 14.3. The van der Waals surface area contributed by atoms with Crippen LogP contribution in [0.4, 0.5) is 0 Å². The minimum atomic E-state index is -2.53. The van der Waals surface area contributed by atoms with Crippen LogP contribution in [0.5, 0.6) is 0 Å². The molecule has 0 saturated carbocycles. The molecule has 0 fully saturated rings. The van der Waals surface area contributed by atoms with E-state index < -0.39 is 27.4 Å². The summed E-state index contributed by atoms with van der Waals surface area (Å²) in [4.78, 5) is 8.69. The number of hydrogen-bond acceptors (Lipinski definition) is 3. The van der Waals surface area contributed by atoms with E-state index in [1.807, 2.05) is 30.3 Å². The van der Waals surface area contributed by atoms with Crippen LogP contribution in [0.15, 0.2) is 132 Å². The fourth-order valence-electron chi connectivity index (χ4n) is 7.24. The predicted molar refractivity (Wildman–Crippen MR) is 232 cm³/mol. The number of hydrogen-bond donors (Lipinski definition) is 0. The Balaban J connectivity index is 0.000000274. The second-order valence-corrected chi connectivity index (χ2v) is 14.1. The molecule has 0 aliphatic rings. The van der Waals surface area contributed by atoms with Crippen molar-refractivity contribution >= 4 is 43.5 Å². The van der Waals surface area contributed by atoms with Crippen molar-refractivity contribution in [1.29, 1.82) is 0 Å². The van der Waals surface area contributed by atoms with Gasteiger partial charge in [0.2, 0.25) is 0 Å². The molecule has 9 rings (SSSR count). The zero-order chi connectivity index (χ0) is 48.3. The number of fused-ring (bicyclic) bond motifs is 7. The minimum absolute atomic E-state index is 0. The molecule has 0 amide bonds. The van der Waals surface area contributed by atoms with E-state index in [-0.39, 0.29) is 47.8 Å². The van der Waals surface area contributed by atoms with Crippen molar-refractivity contribution in [2.24, 2.45) is 0 Å². The van der Waals surface area contributed by atoms with Crippen molar-refractivity contribution < 1.29 is 41.0 Å². The Bertz CT molecular complexity index is 3220. The van der Waals surface area contributed by atoms with E-state index in [2.05, 4.69) is 79.3 Å². The van der Waals surface area contributed by atoms with Crippen LogP contribution in [0.1, 0.15) is 77.9 Å². The Labute approximate surface area is 361 Å². The van der Waals surface area contributed by atoms with Gasteiger partial charge in [-0.25, -0.2) is 0 Å². The van der Waals surface area contributed by atoms with E-state index in [4.69, 9.17) is 20.9 Å².